The average molecular weight is 424 g/mol. The molecule has 30 heavy (non-hydrogen) atoms. The Kier molecular flexibility index (Phi) is 6.91. The Hall–Kier alpha value is -2.69. The maximum atomic E-state index is 11.8. The minimum atomic E-state index is -1.28. The molecule has 0 radical (unpaired) electrons. The van der Waals surface area contributed by atoms with Crippen molar-refractivity contribution in [3.05, 3.63) is 29.8 Å². The van der Waals surface area contributed by atoms with Crippen molar-refractivity contribution in [3.63, 3.8) is 0 Å². The lowest BCUT2D eigenvalue weighted by Crippen LogP contribution is -2.64. The van der Waals surface area contributed by atoms with Crippen molar-refractivity contribution >= 4 is 17.9 Å². The number of benzene rings is 1. The van der Waals surface area contributed by atoms with E-state index in [1.807, 2.05) is 0 Å². The standard InChI is InChI=1S/C20H24O10/c1-10(21)26-17-16-15(29-20(28-12(3)23)18(17)27-11(2)22)9-25-19(30-16)13-5-7-14(24-4)8-6-13/h5-8,15-20H,9H2,1-4H3/t15-,16-,17+,18-,19?,20-/m1/s1. The van der Waals surface area contributed by atoms with Gasteiger partial charge in [-0.2, -0.15) is 0 Å². The highest BCUT2D eigenvalue weighted by molar-refractivity contribution is 5.68. The highest BCUT2D eigenvalue weighted by Crippen LogP contribution is 2.37. The first-order valence-corrected chi connectivity index (χ1v) is 9.36. The third-order valence-corrected chi connectivity index (χ3v) is 4.56. The van der Waals surface area contributed by atoms with Gasteiger partial charge >= 0.3 is 17.9 Å². The molecule has 2 saturated heterocycles. The maximum absolute atomic E-state index is 11.8. The smallest absolute Gasteiger partial charge is 0.305 e. The van der Waals surface area contributed by atoms with E-state index in [4.69, 9.17) is 33.2 Å². The van der Waals surface area contributed by atoms with Gasteiger partial charge in [0, 0.05) is 26.3 Å². The summed E-state index contributed by atoms with van der Waals surface area (Å²) < 4.78 is 38.5. The molecule has 10 nitrogen and oxygen atoms in total. The molecular formula is C20H24O10. The minimum Gasteiger partial charge on any atom is -0.497 e. The number of ether oxygens (including phenoxy) is 7. The third-order valence-electron chi connectivity index (χ3n) is 4.56. The van der Waals surface area contributed by atoms with Gasteiger partial charge in [0.25, 0.3) is 0 Å². The van der Waals surface area contributed by atoms with Crippen LogP contribution in [0.5, 0.6) is 5.75 Å². The molecule has 0 aromatic heterocycles. The lowest BCUT2D eigenvalue weighted by atomic mass is 9.97. The zero-order valence-electron chi connectivity index (χ0n) is 17.1. The Morgan fingerprint density at radius 2 is 1.47 bits per heavy atom. The maximum Gasteiger partial charge on any atom is 0.305 e. The SMILES string of the molecule is COc1ccc(C2OC[C@H]3O[C@@H](OC(C)=O)[C@H](OC(C)=O)[C@@H](OC(C)=O)[C@@H]3O2)cc1. The topological polar surface area (TPSA) is 116 Å². The number of hydrogen-bond acceptors (Lipinski definition) is 10. The highest BCUT2D eigenvalue weighted by atomic mass is 16.8. The molecule has 0 saturated carbocycles. The number of fused-ring (bicyclic) bond motifs is 1. The van der Waals surface area contributed by atoms with Crippen molar-refractivity contribution in [1.29, 1.82) is 0 Å². The monoisotopic (exact) mass is 424 g/mol. The zero-order chi connectivity index (χ0) is 21.8. The molecule has 10 heteroatoms. The average Bonchev–Trinajstić information content (AvgIpc) is 2.69. The second-order valence-corrected chi connectivity index (χ2v) is 6.84. The molecule has 164 valence electrons. The van der Waals surface area contributed by atoms with Gasteiger partial charge in [-0.1, -0.05) is 12.1 Å². The Morgan fingerprint density at radius 1 is 0.867 bits per heavy atom. The summed E-state index contributed by atoms with van der Waals surface area (Å²) in [4.78, 5) is 34.9. The highest BCUT2D eigenvalue weighted by Gasteiger charge is 2.54. The Balaban J connectivity index is 1.87. The second-order valence-electron chi connectivity index (χ2n) is 6.84. The first-order chi connectivity index (χ1) is 14.3. The van der Waals surface area contributed by atoms with E-state index in [1.165, 1.54) is 20.8 Å². The van der Waals surface area contributed by atoms with E-state index in [0.29, 0.717) is 11.3 Å². The predicted molar refractivity (Wildman–Crippen MR) is 98.1 cm³/mol. The summed E-state index contributed by atoms with van der Waals surface area (Å²) in [7, 11) is 1.56. The van der Waals surface area contributed by atoms with Gasteiger partial charge in [0.15, 0.2) is 12.4 Å². The van der Waals surface area contributed by atoms with Crippen molar-refractivity contribution in [1.82, 2.24) is 0 Å². The normalized spacial score (nSPS) is 30.5. The summed E-state index contributed by atoms with van der Waals surface area (Å²) in [6.45, 7) is 3.67. The van der Waals surface area contributed by atoms with Crippen molar-refractivity contribution in [2.24, 2.45) is 0 Å². The van der Waals surface area contributed by atoms with E-state index < -0.39 is 54.9 Å². The number of carbonyl (C=O) groups excluding carboxylic acids is 3. The van der Waals surface area contributed by atoms with Crippen molar-refractivity contribution in [2.75, 3.05) is 13.7 Å². The summed E-state index contributed by atoms with van der Waals surface area (Å²) in [5.74, 6) is -1.25. The lowest BCUT2D eigenvalue weighted by Gasteiger charge is -2.47. The molecule has 1 unspecified atom stereocenters. The molecular weight excluding hydrogens is 400 g/mol. The summed E-state index contributed by atoms with van der Waals surface area (Å²) in [5.41, 5.74) is 0.710. The van der Waals surface area contributed by atoms with Crippen LogP contribution in [-0.4, -0.2) is 62.3 Å². The van der Waals surface area contributed by atoms with E-state index >= 15 is 0 Å². The van der Waals surface area contributed by atoms with E-state index in [2.05, 4.69) is 0 Å². The van der Waals surface area contributed by atoms with Crippen LogP contribution in [0, 0.1) is 0 Å². The molecule has 0 N–H and O–H groups in total. The van der Waals surface area contributed by atoms with Crippen LogP contribution in [0.1, 0.15) is 32.6 Å². The first kappa shape index (κ1) is 22.0. The van der Waals surface area contributed by atoms with Crippen LogP contribution in [0.15, 0.2) is 24.3 Å². The fourth-order valence-electron chi connectivity index (χ4n) is 3.38. The van der Waals surface area contributed by atoms with E-state index in [-0.39, 0.29) is 6.61 Å². The molecule has 0 amide bonds. The van der Waals surface area contributed by atoms with Crippen LogP contribution in [-0.2, 0) is 42.8 Å². The van der Waals surface area contributed by atoms with Gasteiger partial charge in [0.2, 0.25) is 12.4 Å². The van der Waals surface area contributed by atoms with Gasteiger partial charge in [-0.15, -0.1) is 0 Å². The van der Waals surface area contributed by atoms with Gasteiger partial charge in [-0.3, -0.25) is 14.4 Å². The fraction of sp³-hybridized carbons (Fsp3) is 0.550. The lowest BCUT2D eigenvalue weighted by molar-refractivity contribution is -0.356. The van der Waals surface area contributed by atoms with Crippen molar-refractivity contribution in [2.45, 2.75) is 57.8 Å². The summed E-state index contributed by atoms with van der Waals surface area (Å²) in [6, 6.07) is 7.07. The fourth-order valence-corrected chi connectivity index (χ4v) is 3.38. The van der Waals surface area contributed by atoms with E-state index in [0.717, 1.165) is 0 Å². The molecule has 1 aromatic carbocycles. The molecule has 1 aromatic rings. The molecule has 0 bridgehead atoms. The van der Waals surface area contributed by atoms with Crippen LogP contribution in [0.3, 0.4) is 0 Å². The van der Waals surface area contributed by atoms with Crippen molar-refractivity contribution in [3.8, 4) is 5.75 Å². The van der Waals surface area contributed by atoms with E-state index in [9.17, 15) is 14.4 Å². The van der Waals surface area contributed by atoms with Crippen LogP contribution in [0.25, 0.3) is 0 Å². The molecule has 0 aliphatic carbocycles. The molecule has 3 rings (SSSR count). The van der Waals surface area contributed by atoms with Crippen LogP contribution >= 0.6 is 0 Å². The number of rotatable bonds is 5. The van der Waals surface area contributed by atoms with Crippen LogP contribution < -0.4 is 4.74 Å². The molecule has 2 fully saturated rings. The Labute approximate surface area is 173 Å². The zero-order valence-corrected chi connectivity index (χ0v) is 17.1. The summed E-state index contributed by atoms with van der Waals surface area (Å²) in [5, 5.41) is 0. The van der Waals surface area contributed by atoms with Gasteiger partial charge in [0.05, 0.1) is 13.7 Å². The second kappa shape index (κ2) is 9.41. The number of hydrogen-bond donors (Lipinski definition) is 0. The van der Waals surface area contributed by atoms with E-state index in [1.54, 1.807) is 31.4 Å². The quantitative estimate of drug-likeness (QED) is 0.505. The summed E-state index contributed by atoms with van der Waals surface area (Å²) >= 11 is 0. The van der Waals surface area contributed by atoms with Crippen molar-refractivity contribution < 1.29 is 47.5 Å². The predicted octanol–water partition coefficient (Wildman–Crippen LogP) is 1.26. The molecule has 0 spiro atoms. The van der Waals surface area contributed by atoms with Gasteiger partial charge in [-0.25, -0.2) is 0 Å². The molecule has 2 aliphatic heterocycles. The summed E-state index contributed by atoms with van der Waals surface area (Å²) in [6.07, 6.45) is -5.87. The van der Waals surface area contributed by atoms with Crippen LogP contribution in [0.4, 0.5) is 0 Å². The van der Waals surface area contributed by atoms with Crippen LogP contribution in [0.2, 0.25) is 0 Å². The minimum absolute atomic E-state index is 0.0731. The Morgan fingerprint density at radius 3 is 2.03 bits per heavy atom. The van der Waals surface area contributed by atoms with Gasteiger partial charge in [0.1, 0.15) is 18.0 Å². The largest absolute Gasteiger partial charge is 0.497 e. The molecule has 6 atom stereocenters. The first-order valence-electron chi connectivity index (χ1n) is 9.36. The molecule has 2 heterocycles. The van der Waals surface area contributed by atoms with Gasteiger partial charge in [-0.05, 0) is 12.1 Å². The number of esters is 3. The number of carbonyl (C=O) groups is 3. The molecule has 2 aliphatic rings. The van der Waals surface area contributed by atoms with Gasteiger partial charge < -0.3 is 33.2 Å². The third kappa shape index (κ3) is 5.07. The number of methoxy groups -OCH3 is 1. The Bertz CT molecular complexity index is 776.